The van der Waals surface area contributed by atoms with Gasteiger partial charge in [-0.2, -0.15) is 0 Å². The van der Waals surface area contributed by atoms with E-state index in [0.717, 1.165) is 24.7 Å². The SMILES string of the molecule is COc1cccc(C(=O)NCC(=O)NC2CCC(C3CCC3)CC2)c1. The second kappa shape index (κ2) is 8.37. The largest absolute Gasteiger partial charge is 0.497 e. The molecule has 5 heteroatoms. The van der Waals surface area contributed by atoms with Gasteiger partial charge in [0.05, 0.1) is 13.7 Å². The highest BCUT2D eigenvalue weighted by Gasteiger charge is 2.31. The second-order valence-corrected chi connectivity index (χ2v) is 7.28. The molecule has 0 aromatic heterocycles. The highest BCUT2D eigenvalue weighted by molar-refractivity contribution is 5.96. The molecule has 0 spiro atoms. The van der Waals surface area contributed by atoms with Crippen molar-refractivity contribution in [2.75, 3.05) is 13.7 Å². The molecule has 0 aliphatic heterocycles. The highest BCUT2D eigenvalue weighted by Crippen LogP contribution is 2.40. The molecule has 2 saturated carbocycles. The van der Waals surface area contributed by atoms with E-state index in [2.05, 4.69) is 10.6 Å². The van der Waals surface area contributed by atoms with Gasteiger partial charge < -0.3 is 15.4 Å². The summed E-state index contributed by atoms with van der Waals surface area (Å²) in [7, 11) is 1.56. The lowest BCUT2D eigenvalue weighted by atomic mass is 9.69. The summed E-state index contributed by atoms with van der Waals surface area (Å²) in [6, 6.07) is 7.17. The van der Waals surface area contributed by atoms with Gasteiger partial charge in [0.2, 0.25) is 5.91 Å². The number of amides is 2. The number of carbonyl (C=O) groups is 2. The van der Waals surface area contributed by atoms with E-state index in [1.165, 1.54) is 32.1 Å². The Hall–Kier alpha value is -2.04. The van der Waals surface area contributed by atoms with E-state index in [4.69, 9.17) is 4.74 Å². The zero-order valence-corrected chi connectivity index (χ0v) is 14.9. The summed E-state index contributed by atoms with van der Waals surface area (Å²) in [6.07, 6.45) is 8.79. The predicted octanol–water partition coefficient (Wildman–Crippen LogP) is 2.90. The first kappa shape index (κ1) is 17.8. The van der Waals surface area contributed by atoms with Crippen LogP contribution in [-0.4, -0.2) is 31.5 Å². The molecule has 0 atom stereocenters. The average molecular weight is 344 g/mol. The number of hydrogen-bond acceptors (Lipinski definition) is 3. The summed E-state index contributed by atoms with van der Waals surface area (Å²) in [5, 5.41) is 5.74. The van der Waals surface area contributed by atoms with E-state index < -0.39 is 0 Å². The van der Waals surface area contributed by atoms with Crippen LogP contribution in [-0.2, 0) is 4.79 Å². The third-order valence-corrected chi connectivity index (χ3v) is 5.69. The van der Waals surface area contributed by atoms with Crippen LogP contribution in [0, 0.1) is 11.8 Å². The smallest absolute Gasteiger partial charge is 0.251 e. The van der Waals surface area contributed by atoms with Crippen LogP contribution in [0.5, 0.6) is 5.75 Å². The number of carbonyl (C=O) groups excluding carboxylic acids is 2. The summed E-state index contributed by atoms with van der Waals surface area (Å²) >= 11 is 0. The monoisotopic (exact) mass is 344 g/mol. The summed E-state index contributed by atoms with van der Waals surface area (Å²) in [5.41, 5.74) is 0.494. The summed E-state index contributed by atoms with van der Waals surface area (Å²) in [6.45, 7) is 0.0125. The van der Waals surface area contributed by atoms with Crippen LogP contribution in [0.1, 0.15) is 55.3 Å². The number of benzene rings is 1. The van der Waals surface area contributed by atoms with Crippen LogP contribution >= 0.6 is 0 Å². The van der Waals surface area contributed by atoms with Gasteiger partial charge in [0.1, 0.15) is 5.75 Å². The number of nitrogens with one attached hydrogen (secondary N) is 2. The van der Waals surface area contributed by atoms with Crippen LogP contribution in [0.15, 0.2) is 24.3 Å². The minimum atomic E-state index is -0.261. The predicted molar refractivity (Wildman–Crippen MR) is 96.6 cm³/mol. The Kier molecular flexibility index (Phi) is 5.95. The van der Waals surface area contributed by atoms with Gasteiger partial charge in [0.25, 0.3) is 5.91 Å². The van der Waals surface area contributed by atoms with Crippen molar-refractivity contribution in [1.82, 2.24) is 10.6 Å². The molecule has 2 N–H and O–H groups in total. The Bertz CT molecular complexity index is 605. The molecule has 5 nitrogen and oxygen atoms in total. The molecule has 0 radical (unpaired) electrons. The van der Waals surface area contributed by atoms with Gasteiger partial charge in [-0.3, -0.25) is 9.59 Å². The molecule has 2 aliphatic carbocycles. The normalized spacial score (nSPS) is 23.4. The van der Waals surface area contributed by atoms with Crippen molar-refractivity contribution < 1.29 is 14.3 Å². The van der Waals surface area contributed by atoms with E-state index in [-0.39, 0.29) is 24.4 Å². The first-order valence-corrected chi connectivity index (χ1v) is 9.37. The van der Waals surface area contributed by atoms with Crippen molar-refractivity contribution in [3.8, 4) is 5.75 Å². The van der Waals surface area contributed by atoms with Crippen molar-refractivity contribution in [3.05, 3.63) is 29.8 Å². The first-order valence-electron chi connectivity index (χ1n) is 9.37. The Balaban J connectivity index is 1.38. The Morgan fingerprint density at radius 1 is 1.08 bits per heavy atom. The Labute approximate surface area is 149 Å². The Morgan fingerprint density at radius 2 is 1.80 bits per heavy atom. The number of methoxy groups -OCH3 is 1. The van der Waals surface area contributed by atoms with Gasteiger partial charge in [-0.1, -0.05) is 25.3 Å². The van der Waals surface area contributed by atoms with Gasteiger partial charge in [-0.15, -0.1) is 0 Å². The van der Waals surface area contributed by atoms with Gasteiger partial charge in [0.15, 0.2) is 0 Å². The number of hydrogen-bond donors (Lipinski definition) is 2. The fourth-order valence-corrected chi connectivity index (χ4v) is 3.95. The van der Waals surface area contributed by atoms with Crippen molar-refractivity contribution in [2.24, 2.45) is 11.8 Å². The number of rotatable bonds is 6. The van der Waals surface area contributed by atoms with E-state index in [1.54, 1.807) is 31.4 Å². The lowest BCUT2D eigenvalue weighted by Crippen LogP contribution is -2.44. The van der Waals surface area contributed by atoms with E-state index in [9.17, 15) is 9.59 Å². The van der Waals surface area contributed by atoms with Crippen LogP contribution in [0.4, 0.5) is 0 Å². The van der Waals surface area contributed by atoms with Crippen LogP contribution in [0.2, 0.25) is 0 Å². The van der Waals surface area contributed by atoms with Gasteiger partial charge in [0, 0.05) is 11.6 Å². The topological polar surface area (TPSA) is 67.4 Å². The lowest BCUT2D eigenvalue weighted by Gasteiger charge is -2.38. The molecule has 0 bridgehead atoms. The maximum Gasteiger partial charge on any atom is 0.251 e. The molecule has 1 aromatic rings. The van der Waals surface area contributed by atoms with Crippen LogP contribution < -0.4 is 15.4 Å². The van der Waals surface area contributed by atoms with Crippen molar-refractivity contribution in [3.63, 3.8) is 0 Å². The van der Waals surface area contributed by atoms with Crippen molar-refractivity contribution >= 4 is 11.8 Å². The van der Waals surface area contributed by atoms with Gasteiger partial charge >= 0.3 is 0 Å². The van der Waals surface area contributed by atoms with E-state index in [1.807, 2.05) is 0 Å². The first-order chi connectivity index (χ1) is 12.2. The molecule has 2 fully saturated rings. The summed E-state index contributed by atoms with van der Waals surface area (Å²) in [5.74, 6) is 2.07. The van der Waals surface area contributed by atoms with E-state index in [0.29, 0.717) is 11.3 Å². The molecule has 1 aromatic carbocycles. The minimum absolute atomic E-state index is 0.0125. The third-order valence-electron chi connectivity index (χ3n) is 5.69. The third kappa shape index (κ3) is 4.74. The van der Waals surface area contributed by atoms with Crippen molar-refractivity contribution in [2.45, 2.75) is 51.0 Å². The fraction of sp³-hybridized carbons (Fsp3) is 0.600. The molecule has 136 valence electrons. The van der Waals surface area contributed by atoms with E-state index >= 15 is 0 Å². The highest BCUT2D eigenvalue weighted by atomic mass is 16.5. The molecular weight excluding hydrogens is 316 g/mol. The summed E-state index contributed by atoms with van der Waals surface area (Å²) in [4.78, 5) is 24.2. The van der Waals surface area contributed by atoms with Gasteiger partial charge in [-0.05, 0) is 55.7 Å². The van der Waals surface area contributed by atoms with Crippen molar-refractivity contribution in [1.29, 1.82) is 0 Å². The lowest BCUT2D eigenvalue weighted by molar-refractivity contribution is -0.121. The number of ether oxygens (including phenoxy) is 1. The molecule has 0 saturated heterocycles. The quantitative estimate of drug-likeness (QED) is 0.834. The second-order valence-electron chi connectivity index (χ2n) is 7.28. The maximum atomic E-state index is 12.1. The Morgan fingerprint density at radius 3 is 2.44 bits per heavy atom. The van der Waals surface area contributed by atoms with Gasteiger partial charge in [-0.25, -0.2) is 0 Å². The maximum absolute atomic E-state index is 12.1. The molecule has 2 amide bonds. The fourth-order valence-electron chi connectivity index (χ4n) is 3.95. The van der Waals surface area contributed by atoms with Crippen LogP contribution in [0.25, 0.3) is 0 Å². The zero-order valence-electron chi connectivity index (χ0n) is 14.9. The minimum Gasteiger partial charge on any atom is -0.497 e. The molecule has 0 unspecified atom stereocenters. The summed E-state index contributed by atoms with van der Waals surface area (Å²) < 4.78 is 5.11. The molecule has 25 heavy (non-hydrogen) atoms. The standard InChI is InChI=1S/C20H28N2O3/c1-25-18-7-3-6-16(12-18)20(24)21-13-19(23)22-17-10-8-15(9-11-17)14-4-2-5-14/h3,6-7,12,14-15,17H,2,4-5,8-11,13H2,1H3,(H,21,24)(H,22,23). The molecule has 2 aliphatic rings. The molecule has 0 heterocycles. The van der Waals surface area contributed by atoms with Crippen LogP contribution in [0.3, 0.4) is 0 Å². The average Bonchev–Trinajstić information content (AvgIpc) is 2.60. The molecular formula is C20H28N2O3. The zero-order chi connectivity index (χ0) is 17.6. The molecule has 3 rings (SSSR count).